The third-order valence-corrected chi connectivity index (χ3v) is 6.34. The predicted octanol–water partition coefficient (Wildman–Crippen LogP) is 4.56. The van der Waals surface area contributed by atoms with Crippen LogP contribution in [-0.4, -0.2) is 9.97 Å². The van der Waals surface area contributed by atoms with Crippen molar-refractivity contribution >= 4 is 45.3 Å². The fourth-order valence-electron chi connectivity index (χ4n) is 1.81. The average Bonchev–Trinajstić information content (AvgIpc) is 2.92. The number of hydrogen-bond donors (Lipinski definition) is 1. The van der Waals surface area contributed by atoms with Gasteiger partial charge in [-0.2, -0.15) is 0 Å². The molecular formula is C13H18IN3S2. The number of rotatable bonds is 5. The van der Waals surface area contributed by atoms with Crippen molar-refractivity contribution in [2.45, 2.75) is 44.2 Å². The number of nitrogens with zero attached hydrogens (tertiary/aromatic N) is 2. The first-order valence-electron chi connectivity index (χ1n) is 6.23. The number of nitrogens with one attached hydrogen (secondary N) is 1. The Labute approximate surface area is 136 Å². The molecular weight excluding hydrogens is 389 g/mol. The van der Waals surface area contributed by atoms with Crippen LogP contribution in [0.15, 0.2) is 5.38 Å². The van der Waals surface area contributed by atoms with E-state index in [-0.39, 0.29) is 6.04 Å². The highest BCUT2D eigenvalue weighted by molar-refractivity contribution is 14.1. The van der Waals surface area contributed by atoms with Crippen molar-refractivity contribution in [3.8, 4) is 0 Å². The lowest BCUT2D eigenvalue weighted by Gasteiger charge is -2.09. The Hall–Kier alpha value is -0.0500. The molecule has 2 rings (SSSR count). The van der Waals surface area contributed by atoms with Gasteiger partial charge >= 0.3 is 0 Å². The van der Waals surface area contributed by atoms with Crippen molar-refractivity contribution in [3.63, 3.8) is 0 Å². The minimum Gasteiger partial charge on any atom is -0.302 e. The highest BCUT2D eigenvalue weighted by Gasteiger charge is 2.13. The largest absolute Gasteiger partial charge is 0.302 e. The van der Waals surface area contributed by atoms with Gasteiger partial charge in [-0.3, -0.25) is 0 Å². The van der Waals surface area contributed by atoms with Gasteiger partial charge in [0.25, 0.3) is 0 Å². The van der Waals surface area contributed by atoms with Gasteiger partial charge in [0.1, 0.15) is 10.0 Å². The second kappa shape index (κ2) is 6.60. The van der Waals surface area contributed by atoms with Crippen LogP contribution in [-0.2, 0) is 6.54 Å². The number of aryl methyl sites for hydroxylation is 2. The first kappa shape index (κ1) is 15.3. The standard InChI is InChI=1S/C13H18IN3S2/c1-7-6-18-13(16-7)10(4)15-5-11-17-9(3)12(19-11)8(2)14/h6,8,10,15H,5H2,1-4H3. The second-order valence-corrected chi connectivity index (χ2v) is 8.48. The van der Waals surface area contributed by atoms with Gasteiger partial charge < -0.3 is 5.32 Å². The number of halogens is 1. The summed E-state index contributed by atoms with van der Waals surface area (Å²) in [5.41, 5.74) is 2.27. The quantitative estimate of drug-likeness (QED) is 0.583. The van der Waals surface area contributed by atoms with E-state index in [2.05, 4.69) is 64.0 Å². The molecule has 0 aliphatic heterocycles. The smallest absolute Gasteiger partial charge is 0.110 e. The zero-order valence-corrected chi connectivity index (χ0v) is 15.3. The normalized spacial score (nSPS) is 14.6. The van der Waals surface area contributed by atoms with E-state index in [1.54, 1.807) is 11.3 Å². The van der Waals surface area contributed by atoms with E-state index in [0.717, 1.165) is 22.3 Å². The average molecular weight is 407 g/mol. The maximum Gasteiger partial charge on any atom is 0.110 e. The molecule has 1 N–H and O–H groups in total. The molecule has 0 saturated carbocycles. The Morgan fingerprint density at radius 1 is 1.32 bits per heavy atom. The van der Waals surface area contributed by atoms with Crippen LogP contribution in [0.5, 0.6) is 0 Å². The maximum absolute atomic E-state index is 4.64. The molecule has 0 aliphatic rings. The van der Waals surface area contributed by atoms with Crippen LogP contribution < -0.4 is 5.32 Å². The Balaban J connectivity index is 1.97. The van der Waals surface area contributed by atoms with Gasteiger partial charge in [-0.1, -0.05) is 22.6 Å². The molecule has 3 nitrogen and oxygen atoms in total. The van der Waals surface area contributed by atoms with E-state index in [9.17, 15) is 0 Å². The van der Waals surface area contributed by atoms with Crippen molar-refractivity contribution in [1.29, 1.82) is 0 Å². The van der Waals surface area contributed by atoms with E-state index >= 15 is 0 Å². The maximum atomic E-state index is 4.64. The number of alkyl halides is 1. The summed E-state index contributed by atoms with van der Waals surface area (Å²) in [4.78, 5) is 10.5. The van der Waals surface area contributed by atoms with Crippen LogP contribution in [0, 0.1) is 13.8 Å². The fourth-order valence-corrected chi connectivity index (χ4v) is 4.42. The molecule has 19 heavy (non-hydrogen) atoms. The lowest BCUT2D eigenvalue weighted by atomic mass is 10.3. The summed E-state index contributed by atoms with van der Waals surface area (Å²) in [6.45, 7) is 9.30. The first-order valence-corrected chi connectivity index (χ1v) is 9.17. The molecule has 2 atom stereocenters. The Bertz CT molecular complexity index is 548. The van der Waals surface area contributed by atoms with Crippen LogP contribution in [0.1, 0.15) is 50.1 Å². The van der Waals surface area contributed by atoms with Gasteiger partial charge in [0, 0.05) is 26.4 Å². The minimum absolute atomic E-state index is 0.281. The van der Waals surface area contributed by atoms with E-state index in [0.29, 0.717) is 3.92 Å². The molecule has 2 aromatic rings. The highest BCUT2D eigenvalue weighted by atomic mass is 127. The SMILES string of the molecule is Cc1csc(C(C)NCc2nc(C)c(C(C)I)s2)n1. The van der Waals surface area contributed by atoms with Gasteiger partial charge in [-0.15, -0.1) is 22.7 Å². The summed E-state index contributed by atoms with van der Waals surface area (Å²) in [5.74, 6) is 0. The van der Waals surface area contributed by atoms with Gasteiger partial charge in [-0.05, 0) is 27.7 Å². The zero-order valence-electron chi connectivity index (χ0n) is 11.5. The van der Waals surface area contributed by atoms with Crippen LogP contribution in [0.4, 0.5) is 0 Å². The molecule has 0 fully saturated rings. The van der Waals surface area contributed by atoms with Gasteiger partial charge in [-0.25, -0.2) is 9.97 Å². The molecule has 6 heteroatoms. The number of hydrogen-bond acceptors (Lipinski definition) is 5. The van der Waals surface area contributed by atoms with E-state index < -0.39 is 0 Å². The number of thiazole rings is 2. The summed E-state index contributed by atoms with van der Waals surface area (Å²) in [6.07, 6.45) is 0. The van der Waals surface area contributed by atoms with E-state index in [4.69, 9.17) is 0 Å². The molecule has 0 aromatic carbocycles. The second-order valence-electron chi connectivity index (χ2n) is 4.60. The van der Waals surface area contributed by atoms with Crippen molar-refractivity contribution < 1.29 is 0 Å². The molecule has 104 valence electrons. The van der Waals surface area contributed by atoms with Crippen LogP contribution in [0.3, 0.4) is 0 Å². The molecule has 0 amide bonds. The third kappa shape index (κ3) is 3.96. The molecule has 0 saturated heterocycles. The van der Waals surface area contributed by atoms with E-state index in [1.165, 1.54) is 10.6 Å². The van der Waals surface area contributed by atoms with Crippen molar-refractivity contribution in [1.82, 2.24) is 15.3 Å². The molecule has 0 bridgehead atoms. The summed E-state index contributed by atoms with van der Waals surface area (Å²) in [6, 6.07) is 0.281. The molecule has 2 unspecified atom stereocenters. The van der Waals surface area contributed by atoms with Crippen LogP contribution in [0.25, 0.3) is 0 Å². The lowest BCUT2D eigenvalue weighted by molar-refractivity contribution is 0.569. The predicted molar refractivity (Wildman–Crippen MR) is 91.4 cm³/mol. The molecule has 0 aliphatic carbocycles. The van der Waals surface area contributed by atoms with Gasteiger partial charge in [0.2, 0.25) is 0 Å². The Kier molecular flexibility index (Phi) is 5.33. The van der Waals surface area contributed by atoms with Gasteiger partial charge in [0.05, 0.1) is 11.7 Å². The molecule has 2 aromatic heterocycles. The summed E-state index contributed by atoms with van der Waals surface area (Å²) in [5, 5.41) is 7.91. The van der Waals surface area contributed by atoms with Crippen molar-refractivity contribution in [3.05, 3.63) is 31.7 Å². The molecule has 0 radical (unpaired) electrons. The van der Waals surface area contributed by atoms with Crippen molar-refractivity contribution in [2.75, 3.05) is 0 Å². The van der Waals surface area contributed by atoms with E-state index in [1.807, 2.05) is 18.3 Å². The Morgan fingerprint density at radius 3 is 2.58 bits per heavy atom. The fraction of sp³-hybridized carbons (Fsp3) is 0.538. The van der Waals surface area contributed by atoms with Crippen LogP contribution in [0.2, 0.25) is 0 Å². The topological polar surface area (TPSA) is 37.8 Å². The molecule has 0 spiro atoms. The van der Waals surface area contributed by atoms with Crippen LogP contribution >= 0.6 is 45.3 Å². The zero-order chi connectivity index (χ0) is 14.0. The minimum atomic E-state index is 0.281. The monoisotopic (exact) mass is 407 g/mol. The highest BCUT2D eigenvalue weighted by Crippen LogP contribution is 2.31. The summed E-state index contributed by atoms with van der Waals surface area (Å²) in [7, 11) is 0. The number of aromatic nitrogens is 2. The lowest BCUT2D eigenvalue weighted by Crippen LogP contribution is -2.17. The van der Waals surface area contributed by atoms with Gasteiger partial charge in [0.15, 0.2) is 0 Å². The Morgan fingerprint density at radius 2 is 2.05 bits per heavy atom. The summed E-state index contributed by atoms with van der Waals surface area (Å²) >= 11 is 5.97. The summed E-state index contributed by atoms with van der Waals surface area (Å²) < 4.78 is 0.530. The first-order chi connectivity index (χ1) is 8.97. The molecule has 2 heterocycles. The third-order valence-electron chi connectivity index (χ3n) is 2.80. The van der Waals surface area contributed by atoms with Crippen molar-refractivity contribution in [2.24, 2.45) is 0 Å².